The molecule has 1 rings (SSSR count). The number of nitrogens with zero attached hydrogens (tertiary/aromatic N) is 1. The number of hydrogen-bond acceptors (Lipinski definition) is 3. The number of anilines is 1. The Hall–Kier alpha value is -1.88. The van der Waals surface area contributed by atoms with Gasteiger partial charge in [0.15, 0.2) is 0 Å². The second-order valence-electron chi connectivity index (χ2n) is 5.25. The molecule has 1 aromatic carbocycles. The molecular weight excluding hydrogens is 273 g/mol. The van der Waals surface area contributed by atoms with Gasteiger partial charge in [-0.2, -0.15) is 0 Å². The van der Waals surface area contributed by atoms with E-state index in [0.29, 0.717) is 24.6 Å². The quantitative estimate of drug-likeness (QED) is 0.749. The van der Waals surface area contributed by atoms with Crippen LogP contribution in [0, 0.1) is 11.7 Å². The molecule has 21 heavy (non-hydrogen) atoms. The topological polar surface area (TPSA) is 49.8 Å². The molecular formula is C16H22FNO3. The number of hydrogen-bond donors (Lipinski definition) is 1. The van der Waals surface area contributed by atoms with Crippen molar-refractivity contribution in [2.75, 3.05) is 31.7 Å². The standard InChI is InChI=1S/C16H22FNO3/c1-12(2)11-18(6-7-21-3)15-9-13(4-5-16(19)20)8-14(17)10-15/h4-5,8-10,12H,6-7,11H2,1-3H3,(H,19,20)/b5-4+. The van der Waals surface area contributed by atoms with E-state index < -0.39 is 5.97 Å². The summed E-state index contributed by atoms with van der Waals surface area (Å²) in [5.74, 6) is -1.02. The zero-order valence-electron chi connectivity index (χ0n) is 12.7. The van der Waals surface area contributed by atoms with E-state index in [1.54, 1.807) is 13.2 Å². The third-order valence-corrected chi connectivity index (χ3v) is 2.84. The average molecular weight is 295 g/mol. The lowest BCUT2D eigenvalue weighted by molar-refractivity contribution is -0.131. The number of rotatable bonds is 8. The molecule has 5 heteroatoms. The van der Waals surface area contributed by atoms with E-state index in [0.717, 1.165) is 18.3 Å². The summed E-state index contributed by atoms with van der Waals surface area (Å²) in [6.07, 6.45) is 2.39. The molecule has 0 bridgehead atoms. The number of aliphatic carboxylic acids is 1. The summed E-state index contributed by atoms with van der Waals surface area (Å²) in [5, 5.41) is 8.65. The van der Waals surface area contributed by atoms with Crippen molar-refractivity contribution in [2.24, 2.45) is 5.92 Å². The first kappa shape index (κ1) is 17.2. The van der Waals surface area contributed by atoms with Gasteiger partial charge in [-0.25, -0.2) is 9.18 Å². The normalized spacial score (nSPS) is 11.3. The van der Waals surface area contributed by atoms with Crippen LogP contribution in [0.15, 0.2) is 24.3 Å². The lowest BCUT2D eigenvalue weighted by Crippen LogP contribution is -2.31. The van der Waals surface area contributed by atoms with E-state index in [9.17, 15) is 9.18 Å². The SMILES string of the molecule is COCCN(CC(C)C)c1cc(F)cc(/C=C/C(=O)O)c1. The van der Waals surface area contributed by atoms with Crippen molar-refractivity contribution in [1.29, 1.82) is 0 Å². The van der Waals surface area contributed by atoms with Crippen LogP contribution >= 0.6 is 0 Å². The van der Waals surface area contributed by atoms with Crippen LogP contribution in [-0.4, -0.2) is 37.9 Å². The first-order chi connectivity index (χ1) is 9.92. The number of ether oxygens (including phenoxy) is 1. The van der Waals surface area contributed by atoms with Crippen molar-refractivity contribution in [3.8, 4) is 0 Å². The molecule has 0 atom stereocenters. The van der Waals surface area contributed by atoms with Crippen molar-refractivity contribution in [1.82, 2.24) is 0 Å². The Morgan fingerprint density at radius 3 is 2.71 bits per heavy atom. The van der Waals surface area contributed by atoms with Gasteiger partial charge in [-0.15, -0.1) is 0 Å². The Morgan fingerprint density at radius 1 is 1.43 bits per heavy atom. The van der Waals surface area contributed by atoms with E-state index in [2.05, 4.69) is 13.8 Å². The van der Waals surface area contributed by atoms with Gasteiger partial charge in [0, 0.05) is 32.0 Å². The first-order valence-electron chi connectivity index (χ1n) is 6.88. The van der Waals surface area contributed by atoms with Gasteiger partial charge in [-0.3, -0.25) is 0 Å². The van der Waals surface area contributed by atoms with Crippen LogP contribution in [0.2, 0.25) is 0 Å². The van der Waals surface area contributed by atoms with Gasteiger partial charge in [0.25, 0.3) is 0 Å². The highest BCUT2D eigenvalue weighted by Gasteiger charge is 2.10. The van der Waals surface area contributed by atoms with Crippen molar-refractivity contribution in [2.45, 2.75) is 13.8 Å². The van der Waals surface area contributed by atoms with Gasteiger partial charge in [-0.05, 0) is 35.8 Å². The molecule has 4 nitrogen and oxygen atoms in total. The fraction of sp³-hybridized carbons (Fsp3) is 0.438. The molecule has 0 aliphatic rings. The average Bonchev–Trinajstić information content (AvgIpc) is 2.40. The van der Waals surface area contributed by atoms with Gasteiger partial charge < -0.3 is 14.7 Å². The maximum atomic E-state index is 13.7. The highest BCUT2D eigenvalue weighted by molar-refractivity contribution is 5.85. The van der Waals surface area contributed by atoms with Crippen LogP contribution < -0.4 is 4.90 Å². The first-order valence-corrected chi connectivity index (χ1v) is 6.88. The molecule has 0 saturated heterocycles. The van der Waals surface area contributed by atoms with Crippen LogP contribution in [0.3, 0.4) is 0 Å². The maximum Gasteiger partial charge on any atom is 0.328 e. The molecule has 0 saturated carbocycles. The molecule has 0 spiro atoms. The molecule has 0 heterocycles. The van der Waals surface area contributed by atoms with Crippen molar-refractivity contribution < 1.29 is 19.0 Å². The lowest BCUT2D eigenvalue weighted by Gasteiger charge is -2.27. The fourth-order valence-corrected chi connectivity index (χ4v) is 2.01. The fourth-order valence-electron chi connectivity index (χ4n) is 2.01. The van der Waals surface area contributed by atoms with Crippen LogP contribution in [0.25, 0.3) is 6.08 Å². The second-order valence-corrected chi connectivity index (χ2v) is 5.25. The molecule has 0 radical (unpaired) electrons. The van der Waals surface area contributed by atoms with Crippen molar-refractivity contribution >= 4 is 17.7 Å². The van der Waals surface area contributed by atoms with Gasteiger partial charge in [0.1, 0.15) is 5.82 Å². The number of methoxy groups -OCH3 is 1. The monoisotopic (exact) mass is 295 g/mol. The molecule has 0 unspecified atom stereocenters. The zero-order chi connectivity index (χ0) is 15.8. The van der Waals surface area contributed by atoms with E-state index in [-0.39, 0.29) is 5.82 Å². The molecule has 0 aliphatic carbocycles. The Kier molecular flexibility index (Phi) is 6.88. The maximum absolute atomic E-state index is 13.7. The minimum absolute atomic E-state index is 0.385. The van der Waals surface area contributed by atoms with Gasteiger partial charge in [0.05, 0.1) is 6.61 Å². The summed E-state index contributed by atoms with van der Waals surface area (Å²) in [5.41, 5.74) is 1.25. The largest absolute Gasteiger partial charge is 0.478 e. The number of halogens is 1. The molecule has 0 fully saturated rings. The Bertz CT molecular complexity index is 500. The highest BCUT2D eigenvalue weighted by atomic mass is 19.1. The number of carboxylic acid groups (broad SMARTS) is 1. The Morgan fingerprint density at radius 2 is 2.14 bits per heavy atom. The molecule has 0 aliphatic heterocycles. The molecule has 1 aromatic rings. The van der Waals surface area contributed by atoms with Crippen LogP contribution in [0.4, 0.5) is 10.1 Å². The van der Waals surface area contributed by atoms with Crippen molar-refractivity contribution in [3.63, 3.8) is 0 Å². The summed E-state index contributed by atoms with van der Waals surface area (Å²) in [6.45, 7) is 6.15. The predicted octanol–water partition coefficient (Wildman–Crippen LogP) is 3.03. The summed E-state index contributed by atoms with van der Waals surface area (Å²) in [6, 6.07) is 4.55. The van der Waals surface area contributed by atoms with Crippen molar-refractivity contribution in [3.05, 3.63) is 35.7 Å². The molecule has 1 N–H and O–H groups in total. The number of carboxylic acids is 1. The smallest absolute Gasteiger partial charge is 0.328 e. The van der Waals surface area contributed by atoms with Crippen LogP contribution in [-0.2, 0) is 9.53 Å². The molecule has 0 amide bonds. The van der Waals surface area contributed by atoms with E-state index in [1.165, 1.54) is 18.2 Å². The number of benzene rings is 1. The molecule has 116 valence electrons. The second kappa shape index (κ2) is 8.42. The predicted molar refractivity (Wildman–Crippen MR) is 82.0 cm³/mol. The Labute approximate surface area is 124 Å². The van der Waals surface area contributed by atoms with E-state index in [4.69, 9.17) is 9.84 Å². The number of carbonyl (C=O) groups is 1. The van der Waals surface area contributed by atoms with E-state index in [1.807, 2.05) is 4.90 Å². The highest BCUT2D eigenvalue weighted by Crippen LogP contribution is 2.21. The Balaban J connectivity index is 3.03. The van der Waals surface area contributed by atoms with Crippen LogP contribution in [0.5, 0.6) is 0 Å². The molecule has 0 aromatic heterocycles. The third-order valence-electron chi connectivity index (χ3n) is 2.84. The lowest BCUT2D eigenvalue weighted by atomic mass is 10.1. The van der Waals surface area contributed by atoms with Gasteiger partial charge in [-0.1, -0.05) is 13.8 Å². The minimum Gasteiger partial charge on any atom is -0.478 e. The van der Waals surface area contributed by atoms with Crippen LogP contribution in [0.1, 0.15) is 19.4 Å². The zero-order valence-corrected chi connectivity index (χ0v) is 12.7. The van der Waals surface area contributed by atoms with Gasteiger partial charge >= 0.3 is 5.97 Å². The summed E-state index contributed by atoms with van der Waals surface area (Å²) in [7, 11) is 1.63. The minimum atomic E-state index is -1.06. The summed E-state index contributed by atoms with van der Waals surface area (Å²) in [4.78, 5) is 12.6. The van der Waals surface area contributed by atoms with Gasteiger partial charge in [0.2, 0.25) is 0 Å². The van der Waals surface area contributed by atoms with E-state index >= 15 is 0 Å². The summed E-state index contributed by atoms with van der Waals surface area (Å²) >= 11 is 0. The summed E-state index contributed by atoms with van der Waals surface area (Å²) < 4.78 is 18.8. The third kappa shape index (κ3) is 6.40.